The summed E-state index contributed by atoms with van der Waals surface area (Å²) < 4.78 is 17.8. The minimum absolute atomic E-state index is 0.0292. The molecular formula is C19H18N2O5S. The maximum atomic E-state index is 12.7. The first-order chi connectivity index (χ1) is 13.1. The molecule has 1 amide bonds. The van der Waals surface area contributed by atoms with E-state index in [0.717, 1.165) is 10.2 Å². The molecule has 0 atom stereocenters. The summed E-state index contributed by atoms with van der Waals surface area (Å²) in [6, 6.07) is 12.4. The summed E-state index contributed by atoms with van der Waals surface area (Å²) in [5.74, 6) is 0.105. The monoisotopic (exact) mass is 386 g/mol. The van der Waals surface area contributed by atoms with Crippen LogP contribution in [0.3, 0.4) is 0 Å². The van der Waals surface area contributed by atoms with Gasteiger partial charge >= 0.3 is 5.97 Å². The minimum Gasteiger partial charge on any atom is -0.493 e. The number of aromatic nitrogens is 1. The van der Waals surface area contributed by atoms with Crippen LogP contribution >= 0.6 is 11.3 Å². The van der Waals surface area contributed by atoms with Gasteiger partial charge in [-0.2, -0.15) is 4.99 Å². The zero-order valence-electron chi connectivity index (χ0n) is 15.1. The molecule has 0 spiro atoms. The van der Waals surface area contributed by atoms with Crippen LogP contribution in [0.2, 0.25) is 0 Å². The lowest BCUT2D eigenvalue weighted by atomic mass is 10.2. The fourth-order valence-corrected chi connectivity index (χ4v) is 3.60. The maximum absolute atomic E-state index is 12.7. The standard InChI is InChI=1S/C19H18N2O5S/c1-24-14-9-8-12(10-15(14)25-2)18(23)20-19-21(11-17(22)26-3)13-6-4-5-7-16(13)27-19/h4-10H,11H2,1-3H3. The van der Waals surface area contributed by atoms with Gasteiger partial charge in [-0.25, -0.2) is 0 Å². The number of esters is 1. The van der Waals surface area contributed by atoms with E-state index in [0.29, 0.717) is 21.9 Å². The molecule has 8 heteroatoms. The maximum Gasteiger partial charge on any atom is 0.325 e. The third-order valence-electron chi connectivity index (χ3n) is 3.93. The van der Waals surface area contributed by atoms with Gasteiger partial charge in [0.1, 0.15) is 6.54 Å². The number of benzene rings is 2. The second-order valence-electron chi connectivity index (χ2n) is 5.50. The Bertz CT molecular complexity index is 1070. The Balaban J connectivity index is 2.08. The highest BCUT2D eigenvalue weighted by atomic mass is 32.1. The van der Waals surface area contributed by atoms with Gasteiger partial charge in [0, 0.05) is 5.56 Å². The first-order valence-corrected chi connectivity index (χ1v) is 8.85. The lowest BCUT2D eigenvalue weighted by molar-refractivity contribution is -0.141. The number of nitrogens with zero attached hydrogens (tertiary/aromatic N) is 2. The van der Waals surface area contributed by atoms with Gasteiger partial charge in [-0.05, 0) is 30.3 Å². The molecule has 27 heavy (non-hydrogen) atoms. The van der Waals surface area contributed by atoms with Gasteiger partial charge in [0.25, 0.3) is 5.91 Å². The van der Waals surface area contributed by atoms with Crippen molar-refractivity contribution in [2.75, 3.05) is 21.3 Å². The summed E-state index contributed by atoms with van der Waals surface area (Å²) in [7, 11) is 4.35. The van der Waals surface area contributed by atoms with E-state index in [1.807, 2.05) is 24.3 Å². The molecule has 1 aromatic heterocycles. The normalized spacial score (nSPS) is 11.4. The summed E-state index contributed by atoms with van der Waals surface area (Å²) in [4.78, 5) is 29.1. The zero-order chi connectivity index (χ0) is 19.4. The predicted molar refractivity (Wildman–Crippen MR) is 101 cm³/mol. The summed E-state index contributed by atoms with van der Waals surface area (Å²) in [6.45, 7) is -0.0292. The molecule has 3 aromatic rings. The third-order valence-corrected chi connectivity index (χ3v) is 4.99. The van der Waals surface area contributed by atoms with Gasteiger partial charge in [0.2, 0.25) is 0 Å². The van der Waals surface area contributed by atoms with Crippen LogP contribution in [0.15, 0.2) is 47.5 Å². The number of carbonyl (C=O) groups excluding carboxylic acids is 2. The summed E-state index contributed by atoms with van der Waals surface area (Å²) in [6.07, 6.45) is 0. The van der Waals surface area contributed by atoms with Crippen LogP contribution in [0.4, 0.5) is 0 Å². The van der Waals surface area contributed by atoms with Gasteiger partial charge in [0.05, 0.1) is 31.5 Å². The summed E-state index contributed by atoms with van der Waals surface area (Å²) >= 11 is 1.33. The van der Waals surface area contributed by atoms with Crippen LogP contribution in [0.5, 0.6) is 11.5 Å². The highest BCUT2D eigenvalue weighted by Gasteiger charge is 2.14. The van der Waals surface area contributed by atoms with E-state index >= 15 is 0 Å². The number of amides is 1. The minimum atomic E-state index is -0.443. The van der Waals surface area contributed by atoms with Gasteiger partial charge in [0.15, 0.2) is 16.3 Å². The van der Waals surface area contributed by atoms with Gasteiger partial charge in [-0.3, -0.25) is 9.59 Å². The van der Waals surface area contributed by atoms with Crippen LogP contribution < -0.4 is 14.3 Å². The number of fused-ring (bicyclic) bond motifs is 1. The molecule has 0 unspecified atom stereocenters. The van der Waals surface area contributed by atoms with Crippen LogP contribution in [0.25, 0.3) is 10.2 Å². The lowest BCUT2D eigenvalue weighted by Crippen LogP contribution is -2.22. The van der Waals surface area contributed by atoms with Gasteiger partial charge in [-0.15, -0.1) is 0 Å². The highest BCUT2D eigenvalue weighted by molar-refractivity contribution is 7.16. The van der Waals surface area contributed by atoms with Crippen LogP contribution in [-0.2, 0) is 16.1 Å². The fraction of sp³-hybridized carbons (Fsp3) is 0.211. The smallest absolute Gasteiger partial charge is 0.325 e. The first-order valence-electron chi connectivity index (χ1n) is 8.03. The van der Waals surface area contributed by atoms with E-state index in [4.69, 9.17) is 14.2 Å². The number of hydrogen-bond acceptors (Lipinski definition) is 6. The summed E-state index contributed by atoms with van der Waals surface area (Å²) in [5.41, 5.74) is 1.17. The average molecular weight is 386 g/mol. The highest BCUT2D eigenvalue weighted by Crippen LogP contribution is 2.27. The Hall–Kier alpha value is -3.13. The number of hydrogen-bond donors (Lipinski definition) is 0. The van der Waals surface area contributed by atoms with E-state index in [1.165, 1.54) is 32.7 Å². The van der Waals surface area contributed by atoms with Crippen molar-refractivity contribution in [3.63, 3.8) is 0 Å². The molecule has 0 N–H and O–H groups in total. The molecule has 1 heterocycles. The van der Waals surface area contributed by atoms with Crippen molar-refractivity contribution in [3.8, 4) is 11.5 Å². The molecule has 7 nitrogen and oxygen atoms in total. The van der Waals surface area contributed by atoms with Crippen LogP contribution in [-0.4, -0.2) is 37.8 Å². The van der Waals surface area contributed by atoms with E-state index in [-0.39, 0.29) is 6.54 Å². The molecule has 0 fully saturated rings. The molecule has 0 radical (unpaired) electrons. The average Bonchev–Trinajstić information content (AvgIpc) is 3.04. The van der Waals surface area contributed by atoms with Crippen LogP contribution in [0.1, 0.15) is 10.4 Å². The molecule has 0 saturated carbocycles. The predicted octanol–water partition coefficient (Wildman–Crippen LogP) is 2.63. The molecule has 0 aliphatic rings. The van der Waals surface area contributed by atoms with Gasteiger partial charge in [-0.1, -0.05) is 23.5 Å². The quantitative estimate of drug-likeness (QED) is 0.630. The van der Waals surface area contributed by atoms with Crippen molar-refractivity contribution in [1.29, 1.82) is 0 Å². The Kier molecular flexibility index (Phi) is 5.56. The fourth-order valence-electron chi connectivity index (χ4n) is 2.57. The Morgan fingerprint density at radius 3 is 2.48 bits per heavy atom. The van der Waals surface area contributed by atoms with Crippen molar-refractivity contribution in [2.24, 2.45) is 4.99 Å². The molecule has 2 aromatic carbocycles. The lowest BCUT2D eigenvalue weighted by Gasteiger charge is -2.07. The SMILES string of the molecule is COC(=O)Cn1c(=NC(=O)c2ccc(OC)c(OC)c2)sc2ccccc21. The summed E-state index contributed by atoms with van der Waals surface area (Å²) in [5, 5.41) is 0. The van der Waals surface area contributed by atoms with Crippen molar-refractivity contribution < 1.29 is 23.8 Å². The van der Waals surface area contributed by atoms with Crippen molar-refractivity contribution in [2.45, 2.75) is 6.54 Å². The van der Waals surface area contributed by atoms with E-state index in [1.54, 1.807) is 22.8 Å². The number of thiazole rings is 1. The number of rotatable bonds is 5. The molecule has 0 bridgehead atoms. The van der Waals surface area contributed by atoms with E-state index < -0.39 is 11.9 Å². The molecule has 0 aliphatic carbocycles. The van der Waals surface area contributed by atoms with Crippen LogP contribution in [0, 0.1) is 0 Å². The Labute approximate surface area is 159 Å². The molecule has 0 saturated heterocycles. The largest absolute Gasteiger partial charge is 0.493 e. The Morgan fingerprint density at radius 2 is 1.78 bits per heavy atom. The molecule has 3 rings (SSSR count). The second-order valence-corrected chi connectivity index (χ2v) is 6.51. The van der Waals surface area contributed by atoms with Crippen molar-refractivity contribution in [1.82, 2.24) is 4.57 Å². The number of ether oxygens (including phenoxy) is 3. The Morgan fingerprint density at radius 1 is 1.04 bits per heavy atom. The van der Waals surface area contributed by atoms with Gasteiger partial charge < -0.3 is 18.8 Å². The third kappa shape index (κ3) is 3.85. The molecule has 140 valence electrons. The van der Waals surface area contributed by atoms with E-state index in [9.17, 15) is 9.59 Å². The zero-order valence-corrected chi connectivity index (χ0v) is 15.9. The van der Waals surface area contributed by atoms with Crippen molar-refractivity contribution in [3.05, 3.63) is 52.8 Å². The molecular weight excluding hydrogens is 368 g/mol. The van der Waals surface area contributed by atoms with Crippen molar-refractivity contribution >= 4 is 33.4 Å². The number of carbonyl (C=O) groups is 2. The van der Waals surface area contributed by atoms with E-state index in [2.05, 4.69) is 4.99 Å². The first kappa shape index (κ1) is 18.7. The number of para-hydroxylation sites is 1. The topological polar surface area (TPSA) is 79.1 Å². The molecule has 0 aliphatic heterocycles. The second kappa shape index (κ2) is 8.05. The number of methoxy groups -OCH3 is 3.